The van der Waals surface area contributed by atoms with Crippen molar-refractivity contribution in [1.29, 1.82) is 0 Å². The largest absolute Gasteiger partial charge is 0.466 e. The number of hydrogen-bond donors (Lipinski definition) is 0. The fraction of sp³-hybridized carbons (Fsp3) is 0.818. The smallest absolute Gasteiger partial charge is 0.306 e. The van der Waals surface area contributed by atoms with Crippen LogP contribution in [0.15, 0.2) is 0 Å². The molecule has 0 N–H and O–H groups in total. The van der Waals surface area contributed by atoms with Crippen LogP contribution in [0.2, 0.25) is 0 Å². The van der Waals surface area contributed by atoms with Gasteiger partial charge in [0.2, 0.25) is 0 Å². The lowest BCUT2D eigenvalue weighted by Crippen LogP contribution is -2.16. The maximum Gasteiger partial charge on any atom is 0.306 e. The maximum atomic E-state index is 11.3. The summed E-state index contributed by atoms with van der Waals surface area (Å²) < 4.78 is 4.87. The van der Waals surface area contributed by atoms with Gasteiger partial charge in [-0.25, -0.2) is 0 Å². The third-order valence-corrected chi connectivity index (χ3v) is 2.79. The zero-order valence-corrected chi connectivity index (χ0v) is 10.7. The molecular formula is C11H20O3S. The highest BCUT2D eigenvalue weighted by Crippen LogP contribution is 2.23. The summed E-state index contributed by atoms with van der Waals surface area (Å²) in [7, 11) is 0. The molecule has 88 valence electrons. The van der Waals surface area contributed by atoms with Gasteiger partial charge in [-0.3, -0.25) is 9.59 Å². The van der Waals surface area contributed by atoms with Crippen LogP contribution in [0.3, 0.4) is 0 Å². The van der Waals surface area contributed by atoms with Gasteiger partial charge in [-0.1, -0.05) is 25.6 Å². The van der Waals surface area contributed by atoms with Crippen LogP contribution in [0.25, 0.3) is 0 Å². The fourth-order valence-electron chi connectivity index (χ4n) is 1.34. The molecule has 0 amide bonds. The first-order valence-corrected chi connectivity index (χ1v) is 6.16. The quantitative estimate of drug-likeness (QED) is 0.660. The van der Waals surface area contributed by atoms with E-state index in [0.29, 0.717) is 18.9 Å². The Morgan fingerprint density at radius 1 is 1.33 bits per heavy atom. The van der Waals surface area contributed by atoms with Gasteiger partial charge in [0.1, 0.15) is 0 Å². The van der Waals surface area contributed by atoms with E-state index in [9.17, 15) is 9.59 Å². The number of ether oxygens (including phenoxy) is 1. The number of esters is 1. The van der Waals surface area contributed by atoms with Gasteiger partial charge in [0.05, 0.1) is 13.0 Å². The van der Waals surface area contributed by atoms with E-state index in [4.69, 9.17) is 4.74 Å². The molecule has 0 radical (unpaired) electrons. The summed E-state index contributed by atoms with van der Waals surface area (Å²) in [6.07, 6.45) is 1.19. The van der Waals surface area contributed by atoms with E-state index in [1.807, 2.05) is 0 Å². The van der Waals surface area contributed by atoms with Crippen LogP contribution in [-0.2, 0) is 14.3 Å². The lowest BCUT2D eigenvalue weighted by molar-refractivity contribution is -0.143. The molecule has 0 aliphatic heterocycles. The van der Waals surface area contributed by atoms with Gasteiger partial charge in [0.25, 0.3) is 0 Å². The molecule has 0 aromatic carbocycles. The first kappa shape index (κ1) is 14.5. The third kappa shape index (κ3) is 8.48. The zero-order valence-electron chi connectivity index (χ0n) is 9.91. The van der Waals surface area contributed by atoms with Gasteiger partial charge in [0.15, 0.2) is 5.12 Å². The Bertz CT molecular complexity index is 214. The van der Waals surface area contributed by atoms with E-state index in [1.165, 1.54) is 18.7 Å². The highest BCUT2D eigenvalue weighted by Gasteiger charge is 2.18. The van der Waals surface area contributed by atoms with Crippen molar-refractivity contribution in [2.24, 2.45) is 5.92 Å². The van der Waals surface area contributed by atoms with Gasteiger partial charge >= 0.3 is 5.97 Å². The van der Waals surface area contributed by atoms with Gasteiger partial charge in [0, 0.05) is 12.2 Å². The Balaban J connectivity index is 4.11. The summed E-state index contributed by atoms with van der Waals surface area (Å²) >= 11 is 1.24. The van der Waals surface area contributed by atoms with Crippen molar-refractivity contribution in [3.05, 3.63) is 0 Å². The van der Waals surface area contributed by atoms with E-state index in [-0.39, 0.29) is 16.3 Å². The lowest BCUT2D eigenvalue weighted by atomic mass is 10.1. The van der Waals surface area contributed by atoms with Gasteiger partial charge in [-0.15, -0.1) is 0 Å². The average Bonchev–Trinajstić information content (AvgIpc) is 2.00. The standard InChI is InChI=1S/C11H20O3S/c1-5-14-11(13)7-10(6-8(2)3)15-9(4)12/h8,10H,5-7H2,1-4H3. The molecule has 1 atom stereocenters. The van der Waals surface area contributed by atoms with Crippen LogP contribution in [0.1, 0.15) is 40.5 Å². The van der Waals surface area contributed by atoms with Crippen molar-refractivity contribution in [3.63, 3.8) is 0 Å². The molecule has 0 fully saturated rings. The summed E-state index contributed by atoms with van der Waals surface area (Å²) in [6.45, 7) is 7.88. The SMILES string of the molecule is CCOC(=O)CC(CC(C)C)SC(C)=O. The van der Waals surface area contributed by atoms with E-state index in [0.717, 1.165) is 6.42 Å². The Kier molecular flexibility index (Phi) is 7.48. The van der Waals surface area contributed by atoms with Crippen LogP contribution >= 0.6 is 11.8 Å². The van der Waals surface area contributed by atoms with Crippen molar-refractivity contribution < 1.29 is 14.3 Å². The first-order valence-electron chi connectivity index (χ1n) is 5.28. The third-order valence-electron chi connectivity index (χ3n) is 1.77. The second-order valence-corrected chi connectivity index (χ2v) is 5.35. The van der Waals surface area contributed by atoms with Crippen LogP contribution in [-0.4, -0.2) is 22.9 Å². The zero-order chi connectivity index (χ0) is 11.8. The Hall–Kier alpha value is -0.510. The van der Waals surface area contributed by atoms with Gasteiger partial charge in [-0.05, 0) is 19.3 Å². The molecule has 0 aromatic rings. The molecule has 0 saturated carbocycles. The molecule has 0 heterocycles. The molecule has 4 heteroatoms. The summed E-state index contributed by atoms with van der Waals surface area (Å²) in [5.41, 5.74) is 0. The Morgan fingerprint density at radius 3 is 2.33 bits per heavy atom. The van der Waals surface area contributed by atoms with Crippen LogP contribution in [0, 0.1) is 5.92 Å². The monoisotopic (exact) mass is 232 g/mol. The van der Waals surface area contributed by atoms with Crippen molar-refractivity contribution in [2.75, 3.05) is 6.61 Å². The number of thioether (sulfide) groups is 1. The number of carbonyl (C=O) groups is 2. The second-order valence-electron chi connectivity index (χ2n) is 3.87. The number of carbonyl (C=O) groups excluding carboxylic acids is 2. The average molecular weight is 232 g/mol. The topological polar surface area (TPSA) is 43.4 Å². The molecule has 0 aromatic heterocycles. The van der Waals surface area contributed by atoms with E-state index < -0.39 is 0 Å². The van der Waals surface area contributed by atoms with Crippen molar-refractivity contribution >= 4 is 22.8 Å². The minimum absolute atomic E-state index is 0.0570. The minimum Gasteiger partial charge on any atom is -0.466 e. The molecule has 15 heavy (non-hydrogen) atoms. The highest BCUT2D eigenvalue weighted by molar-refractivity contribution is 8.14. The summed E-state index contributed by atoms with van der Waals surface area (Å²) in [4.78, 5) is 22.3. The minimum atomic E-state index is -0.211. The molecule has 0 spiro atoms. The van der Waals surface area contributed by atoms with Crippen LogP contribution < -0.4 is 0 Å². The predicted molar refractivity (Wildman–Crippen MR) is 62.8 cm³/mol. The molecule has 1 unspecified atom stereocenters. The van der Waals surface area contributed by atoms with Crippen LogP contribution in [0.4, 0.5) is 0 Å². The lowest BCUT2D eigenvalue weighted by Gasteiger charge is -2.15. The summed E-state index contributed by atoms with van der Waals surface area (Å²) in [6, 6.07) is 0. The number of hydrogen-bond acceptors (Lipinski definition) is 4. The normalized spacial score (nSPS) is 12.6. The Morgan fingerprint density at radius 2 is 1.93 bits per heavy atom. The van der Waals surface area contributed by atoms with Gasteiger partial charge < -0.3 is 4.74 Å². The molecule has 0 bridgehead atoms. The summed E-state index contributed by atoms with van der Waals surface area (Å²) in [5.74, 6) is 0.271. The highest BCUT2D eigenvalue weighted by atomic mass is 32.2. The van der Waals surface area contributed by atoms with Gasteiger partial charge in [-0.2, -0.15) is 0 Å². The van der Waals surface area contributed by atoms with Crippen molar-refractivity contribution in [3.8, 4) is 0 Å². The first-order chi connectivity index (χ1) is 6.95. The molecule has 3 nitrogen and oxygen atoms in total. The second kappa shape index (κ2) is 7.74. The Labute approximate surface area is 95.9 Å². The molecule has 0 saturated heterocycles. The van der Waals surface area contributed by atoms with Crippen LogP contribution in [0.5, 0.6) is 0 Å². The maximum absolute atomic E-state index is 11.3. The predicted octanol–water partition coefficient (Wildman–Crippen LogP) is 2.63. The fourth-order valence-corrected chi connectivity index (χ4v) is 2.51. The van der Waals surface area contributed by atoms with Crippen molar-refractivity contribution in [1.82, 2.24) is 0 Å². The molecular weight excluding hydrogens is 212 g/mol. The van der Waals surface area contributed by atoms with E-state index in [2.05, 4.69) is 13.8 Å². The molecule has 0 aliphatic rings. The molecule has 0 aliphatic carbocycles. The number of rotatable bonds is 6. The molecule has 0 rings (SSSR count). The van der Waals surface area contributed by atoms with E-state index in [1.54, 1.807) is 6.92 Å². The summed E-state index contributed by atoms with van der Waals surface area (Å²) in [5, 5.41) is 0.117. The van der Waals surface area contributed by atoms with E-state index >= 15 is 0 Å². The van der Waals surface area contributed by atoms with Crippen molar-refractivity contribution in [2.45, 2.75) is 45.8 Å².